The fraction of sp³-hybridized carbons (Fsp3) is 0.250. The molecule has 0 aromatic heterocycles. The molecule has 2 aliphatic carbocycles. The van der Waals surface area contributed by atoms with E-state index in [2.05, 4.69) is 36.4 Å². The molecule has 0 saturated heterocycles. The number of hydrogen-bond donors (Lipinski definition) is 0. The van der Waals surface area contributed by atoms with Gasteiger partial charge in [0.05, 0.1) is 0 Å². The molecule has 1 unspecified atom stereocenters. The third kappa shape index (κ3) is 1.99. The van der Waals surface area contributed by atoms with Crippen LogP contribution in [-0.2, 0) is 16.0 Å². The van der Waals surface area contributed by atoms with Crippen molar-refractivity contribution in [2.75, 3.05) is 0 Å². The molecule has 2 nitrogen and oxygen atoms in total. The summed E-state index contributed by atoms with van der Waals surface area (Å²) in [6.07, 6.45) is 2.27. The Labute approximate surface area is 152 Å². The van der Waals surface area contributed by atoms with Crippen LogP contribution in [-0.4, -0.2) is 11.6 Å². The van der Waals surface area contributed by atoms with Crippen molar-refractivity contribution in [3.8, 4) is 0 Å². The number of carbonyl (C=O) groups excluding carboxylic acids is 2. The van der Waals surface area contributed by atoms with Gasteiger partial charge >= 0.3 is 0 Å². The Bertz CT molecular complexity index is 1020. The lowest BCUT2D eigenvalue weighted by molar-refractivity contribution is -0.144. The second-order valence-electron chi connectivity index (χ2n) is 7.55. The molecule has 0 aliphatic heterocycles. The summed E-state index contributed by atoms with van der Waals surface area (Å²) in [5.74, 6) is 0.0795. The van der Waals surface area contributed by atoms with Crippen LogP contribution in [0.4, 0.5) is 0 Å². The van der Waals surface area contributed by atoms with E-state index in [4.69, 9.17) is 0 Å². The highest BCUT2D eigenvalue weighted by Crippen LogP contribution is 2.56. The summed E-state index contributed by atoms with van der Waals surface area (Å²) < 4.78 is 0. The number of Topliss-reactive ketones (excluding diaryl/α,β-unsaturated/α-hetero) is 2. The molecule has 0 N–H and O–H groups in total. The number of hydrogen-bond acceptors (Lipinski definition) is 2. The Morgan fingerprint density at radius 1 is 0.769 bits per heavy atom. The molecule has 3 aromatic carbocycles. The zero-order valence-electron chi connectivity index (χ0n) is 14.6. The molecule has 0 heterocycles. The highest BCUT2D eigenvalue weighted by atomic mass is 16.2. The molecule has 128 valence electrons. The minimum Gasteiger partial charge on any atom is -0.299 e. The minimum absolute atomic E-state index is 0.128. The van der Waals surface area contributed by atoms with E-state index < -0.39 is 5.41 Å². The smallest absolute Gasteiger partial charge is 0.147 e. The average Bonchev–Trinajstić information content (AvgIpc) is 3.04. The summed E-state index contributed by atoms with van der Waals surface area (Å²) >= 11 is 0. The van der Waals surface area contributed by atoms with Gasteiger partial charge in [-0.3, -0.25) is 9.59 Å². The fourth-order valence-corrected chi connectivity index (χ4v) is 5.11. The number of rotatable bonds is 1. The molecule has 1 atom stereocenters. The summed E-state index contributed by atoms with van der Waals surface area (Å²) in [7, 11) is 0. The first kappa shape index (κ1) is 15.5. The molecule has 0 amide bonds. The van der Waals surface area contributed by atoms with Crippen molar-refractivity contribution >= 4 is 22.3 Å². The number of ketones is 2. The zero-order chi connectivity index (χ0) is 17.7. The third-order valence-corrected chi connectivity index (χ3v) is 6.25. The van der Waals surface area contributed by atoms with Gasteiger partial charge in [-0.05, 0) is 40.3 Å². The lowest BCUT2D eigenvalue weighted by Crippen LogP contribution is -2.46. The van der Waals surface area contributed by atoms with Gasteiger partial charge in [0, 0.05) is 18.8 Å². The van der Waals surface area contributed by atoms with Gasteiger partial charge in [0.1, 0.15) is 17.0 Å². The second-order valence-corrected chi connectivity index (χ2v) is 7.55. The topological polar surface area (TPSA) is 34.1 Å². The van der Waals surface area contributed by atoms with Gasteiger partial charge in [0.25, 0.3) is 0 Å². The lowest BCUT2D eigenvalue weighted by Gasteiger charge is -2.36. The molecule has 26 heavy (non-hydrogen) atoms. The van der Waals surface area contributed by atoms with E-state index >= 15 is 0 Å². The molecule has 5 rings (SSSR count). The Kier molecular flexibility index (Phi) is 3.36. The van der Waals surface area contributed by atoms with Crippen LogP contribution in [0, 0.1) is 5.41 Å². The highest BCUT2D eigenvalue weighted by molar-refractivity contribution is 6.12. The van der Waals surface area contributed by atoms with Gasteiger partial charge in [-0.25, -0.2) is 0 Å². The van der Waals surface area contributed by atoms with E-state index in [9.17, 15) is 9.59 Å². The zero-order valence-corrected chi connectivity index (χ0v) is 14.6. The fourth-order valence-electron chi connectivity index (χ4n) is 5.11. The molecule has 2 heteroatoms. The maximum absolute atomic E-state index is 13.2. The van der Waals surface area contributed by atoms with Crippen molar-refractivity contribution in [1.29, 1.82) is 0 Å². The number of carbonyl (C=O) groups is 2. The SMILES string of the molecule is O=C1CCCC(=O)C12Cc1ccc3ccccc3c1C2c1ccccc1. The number of fused-ring (bicyclic) bond motifs is 3. The summed E-state index contributed by atoms with van der Waals surface area (Å²) in [5.41, 5.74) is 2.50. The summed E-state index contributed by atoms with van der Waals surface area (Å²) in [6.45, 7) is 0. The van der Waals surface area contributed by atoms with Crippen LogP contribution in [0.5, 0.6) is 0 Å². The van der Waals surface area contributed by atoms with Crippen LogP contribution in [0.15, 0.2) is 66.7 Å². The van der Waals surface area contributed by atoms with Gasteiger partial charge in [0.2, 0.25) is 0 Å². The predicted molar refractivity (Wildman–Crippen MR) is 102 cm³/mol. The standard InChI is InChI=1S/C24H20O2/c25-20-11-6-12-21(26)24(20)15-18-14-13-16-7-4-5-10-19(16)22(18)23(24)17-8-2-1-3-9-17/h1-5,7-10,13-14,23H,6,11-12,15H2. The first-order chi connectivity index (χ1) is 12.7. The Hall–Kier alpha value is -2.74. The largest absolute Gasteiger partial charge is 0.299 e. The van der Waals surface area contributed by atoms with Crippen LogP contribution in [0.2, 0.25) is 0 Å². The molecule has 1 fully saturated rings. The van der Waals surface area contributed by atoms with Crippen molar-refractivity contribution in [3.05, 3.63) is 83.4 Å². The maximum Gasteiger partial charge on any atom is 0.147 e. The van der Waals surface area contributed by atoms with Crippen LogP contribution < -0.4 is 0 Å². The maximum atomic E-state index is 13.2. The van der Waals surface area contributed by atoms with Crippen molar-refractivity contribution in [2.45, 2.75) is 31.6 Å². The summed E-state index contributed by atoms with van der Waals surface area (Å²) in [4.78, 5) is 26.4. The molecule has 1 saturated carbocycles. The van der Waals surface area contributed by atoms with Crippen molar-refractivity contribution < 1.29 is 9.59 Å². The molecule has 0 radical (unpaired) electrons. The van der Waals surface area contributed by atoms with Gasteiger partial charge in [-0.15, -0.1) is 0 Å². The van der Waals surface area contributed by atoms with E-state index in [1.54, 1.807) is 0 Å². The van der Waals surface area contributed by atoms with E-state index in [0.29, 0.717) is 25.7 Å². The second kappa shape index (κ2) is 5.63. The van der Waals surface area contributed by atoms with Crippen LogP contribution in [0.25, 0.3) is 10.8 Å². The molecule has 2 aliphatic rings. The van der Waals surface area contributed by atoms with Gasteiger partial charge in [-0.2, -0.15) is 0 Å². The molecule has 0 bridgehead atoms. The minimum atomic E-state index is -0.911. The van der Waals surface area contributed by atoms with Crippen molar-refractivity contribution in [3.63, 3.8) is 0 Å². The van der Waals surface area contributed by atoms with Crippen LogP contribution >= 0.6 is 0 Å². The normalized spacial score (nSPS) is 21.3. The van der Waals surface area contributed by atoms with Gasteiger partial charge in [-0.1, -0.05) is 66.7 Å². The van der Waals surface area contributed by atoms with Crippen molar-refractivity contribution in [1.82, 2.24) is 0 Å². The van der Waals surface area contributed by atoms with E-state index in [-0.39, 0.29) is 17.5 Å². The summed E-state index contributed by atoms with van der Waals surface area (Å²) in [6, 6.07) is 22.7. The average molecular weight is 340 g/mol. The van der Waals surface area contributed by atoms with E-state index in [1.165, 1.54) is 16.3 Å². The summed E-state index contributed by atoms with van der Waals surface area (Å²) in [5, 5.41) is 2.34. The Morgan fingerprint density at radius 3 is 2.23 bits per heavy atom. The third-order valence-electron chi connectivity index (χ3n) is 6.25. The molecule has 3 aromatic rings. The Morgan fingerprint density at radius 2 is 1.46 bits per heavy atom. The lowest BCUT2D eigenvalue weighted by atomic mass is 9.62. The van der Waals surface area contributed by atoms with Gasteiger partial charge in [0.15, 0.2) is 0 Å². The monoisotopic (exact) mass is 340 g/mol. The van der Waals surface area contributed by atoms with Gasteiger partial charge < -0.3 is 0 Å². The van der Waals surface area contributed by atoms with Crippen molar-refractivity contribution in [2.24, 2.45) is 5.41 Å². The number of benzene rings is 3. The van der Waals surface area contributed by atoms with E-state index in [1.807, 2.05) is 30.3 Å². The molecular weight excluding hydrogens is 320 g/mol. The van der Waals surface area contributed by atoms with Crippen LogP contribution in [0.1, 0.15) is 41.9 Å². The quantitative estimate of drug-likeness (QED) is 0.594. The van der Waals surface area contributed by atoms with E-state index in [0.717, 1.165) is 11.1 Å². The highest BCUT2D eigenvalue weighted by Gasteiger charge is 2.57. The predicted octanol–water partition coefficient (Wildman–Crippen LogP) is 4.84. The Balaban J connectivity index is 1.85. The first-order valence-corrected chi connectivity index (χ1v) is 9.34. The first-order valence-electron chi connectivity index (χ1n) is 9.34. The molecular formula is C24H20O2. The molecule has 1 spiro atoms. The van der Waals surface area contributed by atoms with Crippen LogP contribution in [0.3, 0.4) is 0 Å².